The molecule has 2 aliphatic rings. The summed E-state index contributed by atoms with van der Waals surface area (Å²) >= 11 is 0. The molecule has 1 saturated heterocycles. The summed E-state index contributed by atoms with van der Waals surface area (Å²) in [5.74, 6) is 0.776. The molecule has 0 saturated carbocycles. The van der Waals surface area contributed by atoms with Gasteiger partial charge in [-0.1, -0.05) is 6.07 Å². The fourth-order valence-corrected chi connectivity index (χ4v) is 4.75. The van der Waals surface area contributed by atoms with Gasteiger partial charge in [0.25, 0.3) is 6.43 Å². The molecule has 0 bridgehead atoms. The van der Waals surface area contributed by atoms with Crippen LogP contribution in [0.1, 0.15) is 47.9 Å². The number of hydrogen-bond acceptors (Lipinski definition) is 4. The number of alkyl halides is 5. The zero-order valence-corrected chi connectivity index (χ0v) is 17.5. The molecule has 2 aromatic rings. The molecule has 0 amide bonds. The molecule has 0 aliphatic carbocycles. The van der Waals surface area contributed by atoms with Gasteiger partial charge in [-0.3, -0.25) is 0 Å². The Bertz CT molecular complexity index is 960. The molecule has 31 heavy (non-hydrogen) atoms. The Hall–Kier alpha value is -2.29. The van der Waals surface area contributed by atoms with Crippen LogP contribution in [0.15, 0.2) is 18.2 Å². The SMILES string of the molecule is Cc1c(-c2ccc(C(F)(F)F)cc2C(F)F)nnc2c1CCCN2[C@@H]1CCCN(C)C1. The Morgan fingerprint density at radius 2 is 1.87 bits per heavy atom. The van der Waals surface area contributed by atoms with Gasteiger partial charge in [0.2, 0.25) is 0 Å². The minimum atomic E-state index is -4.69. The molecule has 0 radical (unpaired) electrons. The molecular formula is C22H25F5N4. The first-order valence-electron chi connectivity index (χ1n) is 10.5. The van der Waals surface area contributed by atoms with Crippen LogP contribution in [0.3, 0.4) is 0 Å². The van der Waals surface area contributed by atoms with Gasteiger partial charge in [-0.05, 0) is 63.9 Å². The van der Waals surface area contributed by atoms with E-state index in [0.717, 1.165) is 68.8 Å². The van der Waals surface area contributed by atoms with Crippen molar-refractivity contribution in [1.29, 1.82) is 0 Å². The van der Waals surface area contributed by atoms with E-state index in [1.807, 2.05) is 0 Å². The van der Waals surface area contributed by atoms with E-state index in [-0.39, 0.29) is 11.3 Å². The first kappa shape index (κ1) is 21.9. The minimum Gasteiger partial charge on any atom is -0.351 e. The predicted molar refractivity (Wildman–Crippen MR) is 108 cm³/mol. The number of hydrogen-bond donors (Lipinski definition) is 0. The number of rotatable bonds is 3. The van der Waals surface area contributed by atoms with Crippen molar-refractivity contribution in [3.63, 3.8) is 0 Å². The lowest BCUT2D eigenvalue weighted by molar-refractivity contribution is -0.137. The molecule has 9 heteroatoms. The summed E-state index contributed by atoms with van der Waals surface area (Å²) in [7, 11) is 2.09. The molecule has 4 nitrogen and oxygen atoms in total. The fraction of sp³-hybridized carbons (Fsp3) is 0.545. The second-order valence-corrected chi connectivity index (χ2v) is 8.43. The summed E-state index contributed by atoms with van der Waals surface area (Å²) in [4.78, 5) is 4.55. The average molecular weight is 440 g/mol. The summed E-state index contributed by atoms with van der Waals surface area (Å²) in [6, 6.07) is 2.75. The van der Waals surface area contributed by atoms with Crippen molar-refractivity contribution in [2.45, 2.75) is 51.3 Å². The zero-order valence-electron chi connectivity index (χ0n) is 17.5. The van der Waals surface area contributed by atoms with Crippen molar-refractivity contribution in [2.75, 3.05) is 31.6 Å². The maximum absolute atomic E-state index is 13.7. The largest absolute Gasteiger partial charge is 0.416 e. The predicted octanol–water partition coefficient (Wildman–Crippen LogP) is 5.26. The lowest BCUT2D eigenvalue weighted by Gasteiger charge is -2.41. The van der Waals surface area contributed by atoms with Crippen molar-refractivity contribution in [3.05, 3.63) is 40.5 Å². The van der Waals surface area contributed by atoms with Crippen LogP contribution < -0.4 is 4.90 Å². The van der Waals surface area contributed by atoms with Gasteiger partial charge in [0.1, 0.15) is 0 Å². The van der Waals surface area contributed by atoms with E-state index in [1.54, 1.807) is 6.92 Å². The Morgan fingerprint density at radius 1 is 1.10 bits per heavy atom. The first-order chi connectivity index (χ1) is 14.7. The van der Waals surface area contributed by atoms with E-state index in [1.165, 1.54) is 0 Å². The van der Waals surface area contributed by atoms with Gasteiger partial charge in [0.15, 0.2) is 5.82 Å². The molecule has 4 rings (SSSR count). The number of halogens is 5. The quantitative estimate of drug-likeness (QED) is 0.610. The number of nitrogens with zero attached hydrogens (tertiary/aromatic N) is 4. The van der Waals surface area contributed by atoms with Gasteiger partial charge < -0.3 is 9.80 Å². The number of fused-ring (bicyclic) bond motifs is 1. The van der Waals surface area contributed by atoms with Crippen LogP contribution in [0, 0.1) is 6.92 Å². The second kappa shape index (κ2) is 8.33. The highest BCUT2D eigenvalue weighted by Gasteiger charge is 2.34. The lowest BCUT2D eigenvalue weighted by Crippen LogP contribution is -2.49. The summed E-state index contributed by atoms with van der Waals surface area (Å²) < 4.78 is 66.4. The van der Waals surface area contributed by atoms with E-state index in [0.29, 0.717) is 17.7 Å². The number of piperidine rings is 1. The summed E-state index contributed by atoms with van der Waals surface area (Å²) in [5, 5.41) is 8.64. The van der Waals surface area contributed by atoms with Crippen LogP contribution in [0.2, 0.25) is 0 Å². The normalized spacial score (nSPS) is 20.3. The van der Waals surface area contributed by atoms with E-state index < -0.39 is 23.7 Å². The highest BCUT2D eigenvalue weighted by molar-refractivity contribution is 5.71. The van der Waals surface area contributed by atoms with Crippen molar-refractivity contribution in [2.24, 2.45) is 0 Å². The smallest absolute Gasteiger partial charge is 0.351 e. The molecule has 0 N–H and O–H groups in total. The molecule has 1 aromatic carbocycles. The first-order valence-corrected chi connectivity index (χ1v) is 10.5. The maximum Gasteiger partial charge on any atom is 0.416 e. The third-order valence-corrected chi connectivity index (χ3v) is 6.33. The van der Waals surface area contributed by atoms with Crippen LogP contribution in [-0.2, 0) is 12.6 Å². The number of benzene rings is 1. The van der Waals surface area contributed by atoms with Crippen LogP contribution >= 0.6 is 0 Å². The number of likely N-dealkylation sites (tertiary alicyclic amines) is 1. The van der Waals surface area contributed by atoms with Crippen molar-refractivity contribution < 1.29 is 22.0 Å². The zero-order chi connectivity index (χ0) is 22.3. The molecule has 1 aromatic heterocycles. The molecule has 0 spiro atoms. The van der Waals surface area contributed by atoms with Crippen molar-refractivity contribution in [3.8, 4) is 11.3 Å². The standard InChI is InChI=1S/C22H25F5N4/c1-13-16-6-4-10-31(15-5-3-9-30(2)12-15)21(16)29-28-19(13)17-8-7-14(22(25,26)27)11-18(17)20(23)24/h7-8,11,15,20H,3-6,9-10,12H2,1-2H3/t15-/m1/s1. The summed E-state index contributed by atoms with van der Waals surface area (Å²) in [6.45, 7) is 4.65. The van der Waals surface area contributed by atoms with Gasteiger partial charge in [0, 0.05) is 35.8 Å². The number of aromatic nitrogens is 2. The monoisotopic (exact) mass is 440 g/mol. The van der Waals surface area contributed by atoms with Crippen LogP contribution in [-0.4, -0.2) is 47.8 Å². The molecule has 1 atom stereocenters. The summed E-state index contributed by atoms with van der Waals surface area (Å²) in [6.07, 6.45) is -3.93. The Kier molecular flexibility index (Phi) is 5.89. The average Bonchev–Trinajstić information content (AvgIpc) is 2.73. The van der Waals surface area contributed by atoms with Crippen LogP contribution in [0.4, 0.5) is 27.8 Å². The molecule has 168 valence electrons. The van der Waals surface area contributed by atoms with Gasteiger partial charge in [0.05, 0.1) is 11.3 Å². The maximum atomic E-state index is 13.7. The Labute approximate surface area is 178 Å². The summed E-state index contributed by atoms with van der Waals surface area (Å²) in [5.41, 5.74) is 0.122. The third kappa shape index (κ3) is 4.24. The Balaban J connectivity index is 1.75. The molecule has 0 unspecified atom stereocenters. The second-order valence-electron chi connectivity index (χ2n) is 8.43. The molecule has 1 fully saturated rings. The lowest BCUT2D eigenvalue weighted by atomic mass is 9.92. The Morgan fingerprint density at radius 3 is 2.55 bits per heavy atom. The molecule has 2 aliphatic heterocycles. The molecule has 3 heterocycles. The van der Waals surface area contributed by atoms with Gasteiger partial charge >= 0.3 is 6.18 Å². The van der Waals surface area contributed by atoms with Gasteiger partial charge in [-0.2, -0.15) is 13.2 Å². The number of anilines is 1. The van der Waals surface area contributed by atoms with Crippen molar-refractivity contribution in [1.82, 2.24) is 15.1 Å². The molecular weight excluding hydrogens is 415 g/mol. The van der Waals surface area contributed by atoms with E-state index in [4.69, 9.17) is 0 Å². The van der Waals surface area contributed by atoms with Gasteiger partial charge in [-0.25, -0.2) is 8.78 Å². The van der Waals surface area contributed by atoms with E-state index >= 15 is 0 Å². The van der Waals surface area contributed by atoms with Gasteiger partial charge in [-0.15, -0.1) is 10.2 Å². The minimum absolute atomic E-state index is 0.00493. The topological polar surface area (TPSA) is 32.3 Å². The number of likely N-dealkylation sites (N-methyl/N-ethyl adjacent to an activating group) is 1. The highest BCUT2D eigenvalue weighted by atomic mass is 19.4. The van der Waals surface area contributed by atoms with Crippen molar-refractivity contribution >= 4 is 5.82 Å². The van der Waals surface area contributed by atoms with E-state index in [2.05, 4.69) is 27.0 Å². The highest BCUT2D eigenvalue weighted by Crippen LogP contribution is 2.40. The fourth-order valence-electron chi connectivity index (χ4n) is 4.75. The van der Waals surface area contributed by atoms with Crippen LogP contribution in [0.25, 0.3) is 11.3 Å². The van der Waals surface area contributed by atoms with Crippen LogP contribution in [0.5, 0.6) is 0 Å². The third-order valence-electron chi connectivity index (χ3n) is 6.33. The van der Waals surface area contributed by atoms with E-state index in [9.17, 15) is 22.0 Å².